The highest BCUT2D eigenvalue weighted by atomic mass is 31.2. The summed E-state index contributed by atoms with van der Waals surface area (Å²) < 4.78 is 47.8. The van der Waals surface area contributed by atoms with Crippen molar-refractivity contribution in [1.82, 2.24) is 0 Å². The van der Waals surface area contributed by atoms with Crippen molar-refractivity contribution in [3.05, 3.63) is 35.4 Å². The van der Waals surface area contributed by atoms with Gasteiger partial charge in [-0.1, -0.05) is 12.1 Å². The van der Waals surface area contributed by atoms with Gasteiger partial charge in [0, 0.05) is 5.92 Å². The zero-order valence-electron chi connectivity index (χ0n) is 9.26. The zero-order valence-corrected chi connectivity index (χ0v) is 10.2. The molecule has 0 aliphatic carbocycles. The summed E-state index contributed by atoms with van der Waals surface area (Å²) in [5.74, 6) is -0.659. The number of alkyl halides is 3. The van der Waals surface area contributed by atoms with Gasteiger partial charge in [-0.3, -0.25) is 4.57 Å². The Morgan fingerprint density at radius 3 is 2.06 bits per heavy atom. The monoisotopic (exact) mass is 283 g/mol. The van der Waals surface area contributed by atoms with Gasteiger partial charge in [0.05, 0.1) is 11.7 Å². The van der Waals surface area contributed by atoms with Gasteiger partial charge < -0.3 is 15.5 Å². The van der Waals surface area contributed by atoms with Crippen LogP contribution < -0.4 is 5.73 Å². The van der Waals surface area contributed by atoms with Gasteiger partial charge in [0.15, 0.2) is 0 Å². The fourth-order valence-electron chi connectivity index (χ4n) is 1.55. The largest absolute Gasteiger partial charge is 0.416 e. The lowest BCUT2D eigenvalue weighted by molar-refractivity contribution is -0.137. The van der Waals surface area contributed by atoms with Crippen LogP contribution in [0, 0.1) is 0 Å². The van der Waals surface area contributed by atoms with Gasteiger partial charge in [0.25, 0.3) is 0 Å². The average Bonchev–Trinajstić information content (AvgIpc) is 2.24. The third-order valence-electron chi connectivity index (χ3n) is 2.45. The van der Waals surface area contributed by atoms with E-state index >= 15 is 0 Å². The molecule has 0 bridgehead atoms. The number of nitrogens with two attached hydrogens (primary N) is 1. The lowest BCUT2D eigenvalue weighted by Gasteiger charge is -2.16. The highest BCUT2D eigenvalue weighted by Crippen LogP contribution is 2.40. The topological polar surface area (TPSA) is 83.6 Å². The molecule has 0 aliphatic rings. The molecular formula is C10H13F3NO3P. The highest BCUT2D eigenvalue weighted by Gasteiger charge is 2.30. The van der Waals surface area contributed by atoms with Crippen LogP contribution in [0.3, 0.4) is 0 Å². The minimum absolute atomic E-state index is 0.0452. The molecule has 1 rings (SSSR count). The van der Waals surface area contributed by atoms with Gasteiger partial charge in [-0.25, -0.2) is 0 Å². The van der Waals surface area contributed by atoms with Crippen LogP contribution in [0.25, 0.3) is 0 Å². The minimum Gasteiger partial charge on any atom is -0.330 e. The second kappa shape index (κ2) is 5.40. The molecule has 0 saturated heterocycles. The Labute approximate surface area is 102 Å². The summed E-state index contributed by atoms with van der Waals surface area (Å²) in [6, 6.07) is 4.13. The average molecular weight is 283 g/mol. The number of benzene rings is 1. The normalized spacial score (nSPS) is 14.6. The molecule has 0 aliphatic heterocycles. The number of rotatable bonds is 4. The van der Waals surface area contributed by atoms with Crippen molar-refractivity contribution in [2.75, 3.05) is 12.7 Å². The van der Waals surface area contributed by atoms with Crippen molar-refractivity contribution in [2.45, 2.75) is 12.1 Å². The Balaban J connectivity index is 2.92. The van der Waals surface area contributed by atoms with E-state index in [4.69, 9.17) is 15.5 Å². The molecule has 1 atom stereocenters. The molecule has 0 heterocycles. The smallest absolute Gasteiger partial charge is 0.330 e. The summed E-state index contributed by atoms with van der Waals surface area (Å²) in [7, 11) is -4.25. The van der Waals surface area contributed by atoms with Crippen LogP contribution in [0.5, 0.6) is 0 Å². The predicted molar refractivity (Wildman–Crippen MR) is 60.2 cm³/mol. The van der Waals surface area contributed by atoms with Crippen LogP contribution in [0.1, 0.15) is 17.0 Å². The quantitative estimate of drug-likeness (QED) is 0.737. The van der Waals surface area contributed by atoms with Gasteiger partial charge in [0.2, 0.25) is 0 Å². The summed E-state index contributed by atoms with van der Waals surface area (Å²) in [6.07, 6.45) is -4.91. The van der Waals surface area contributed by atoms with Crippen LogP contribution >= 0.6 is 7.60 Å². The predicted octanol–water partition coefficient (Wildman–Crippen LogP) is 1.93. The van der Waals surface area contributed by atoms with Crippen LogP contribution in [0.4, 0.5) is 13.2 Å². The van der Waals surface area contributed by atoms with Crippen LogP contribution in [-0.2, 0) is 10.7 Å². The fraction of sp³-hybridized carbons (Fsp3) is 0.400. The second-order valence-corrected chi connectivity index (χ2v) is 5.59. The summed E-state index contributed by atoms with van der Waals surface area (Å²) in [6.45, 7) is -0.0452. The first-order valence-electron chi connectivity index (χ1n) is 5.05. The molecule has 8 heteroatoms. The molecule has 102 valence electrons. The zero-order chi connectivity index (χ0) is 14.0. The van der Waals surface area contributed by atoms with E-state index in [0.717, 1.165) is 12.1 Å². The molecule has 0 spiro atoms. The van der Waals surface area contributed by atoms with Gasteiger partial charge >= 0.3 is 13.8 Å². The lowest BCUT2D eigenvalue weighted by Crippen LogP contribution is -2.17. The van der Waals surface area contributed by atoms with Crippen LogP contribution in [0.2, 0.25) is 0 Å². The third kappa shape index (κ3) is 4.42. The van der Waals surface area contributed by atoms with Crippen molar-refractivity contribution >= 4 is 7.60 Å². The summed E-state index contributed by atoms with van der Waals surface area (Å²) in [5.41, 5.74) is 4.95. The van der Waals surface area contributed by atoms with Gasteiger partial charge in [0.1, 0.15) is 0 Å². The lowest BCUT2D eigenvalue weighted by atomic mass is 10.00. The molecule has 4 nitrogen and oxygen atoms in total. The Morgan fingerprint density at radius 2 is 1.72 bits per heavy atom. The molecule has 1 unspecified atom stereocenters. The Morgan fingerprint density at radius 1 is 1.22 bits per heavy atom. The number of hydrogen-bond donors (Lipinski definition) is 3. The van der Waals surface area contributed by atoms with Crippen molar-refractivity contribution in [3.8, 4) is 0 Å². The molecule has 0 fully saturated rings. The Bertz CT molecular complexity index is 441. The molecule has 1 aromatic rings. The van der Waals surface area contributed by atoms with E-state index in [1.54, 1.807) is 0 Å². The maximum Gasteiger partial charge on any atom is 0.416 e. The standard InChI is InChI=1S/C10H13F3NO3P/c11-10(12,13)9-3-1-7(2-4-9)8(5-14)6-18(15,16)17/h1-4,8H,5-6,14H2,(H2,15,16,17). The second-order valence-electron chi connectivity index (χ2n) is 3.90. The molecule has 0 aromatic heterocycles. The molecule has 4 N–H and O–H groups in total. The van der Waals surface area contributed by atoms with E-state index < -0.39 is 31.4 Å². The van der Waals surface area contributed by atoms with E-state index in [-0.39, 0.29) is 6.54 Å². The summed E-state index contributed by atoms with van der Waals surface area (Å²) >= 11 is 0. The SMILES string of the molecule is NCC(CP(=O)(O)O)c1ccc(C(F)(F)F)cc1. The maximum atomic E-state index is 12.3. The van der Waals surface area contributed by atoms with Gasteiger partial charge in [-0.15, -0.1) is 0 Å². The molecule has 0 radical (unpaired) electrons. The fourth-order valence-corrected chi connectivity index (χ4v) is 2.48. The Hall–Kier alpha value is -0.880. The van der Waals surface area contributed by atoms with E-state index in [2.05, 4.69) is 0 Å². The molecular weight excluding hydrogens is 270 g/mol. The van der Waals surface area contributed by atoms with Gasteiger partial charge in [-0.2, -0.15) is 13.2 Å². The first-order valence-corrected chi connectivity index (χ1v) is 6.85. The van der Waals surface area contributed by atoms with Crippen molar-refractivity contribution in [3.63, 3.8) is 0 Å². The first-order chi connectivity index (χ1) is 8.13. The number of hydrogen-bond acceptors (Lipinski definition) is 2. The van der Waals surface area contributed by atoms with Crippen molar-refractivity contribution < 1.29 is 27.5 Å². The third-order valence-corrected chi connectivity index (χ3v) is 3.37. The Kier molecular flexibility index (Phi) is 4.55. The molecule has 18 heavy (non-hydrogen) atoms. The summed E-state index contributed by atoms with van der Waals surface area (Å²) in [5, 5.41) is 0. The van der Waals surface area contributed by atoms with E-state index in [0.29, 0.717) is 5.56 Å². The molecule has 0 saturated carbocycles. The van der Waals surface area contributed by atoms with E-state index in [1.165, 1.54) is 12.1 Å². The number of halogens is 3. The van der Waals surface area contributed by atoms with Crippen LogP contribution in [0.15, 0.2) is 24.3 Å². The van der Waals surface area contributed by atoms with Crippen molar-refractivity contribution in [1.29, 1.82) is 0 Å². The van der Waals surface area contributed by atoms with E-state index in [9.17, 15) is 17.7 Å². The van der Waals surface area contributed by atoms with Gasteiger partial charge in [-0.05, 0) is 24.2 Å². The van der Waals surface area contributed by atoms with Crippen molar-refractivity contribution in [2.24, 2.45) is 5.73 Å². The highest BCUT2D eigenvalue weighted by molar-refractivity contribution is 7.51. The summed E-state index contributed by atoms with van der Waals surface area (Å²) in [4.78, 5) is 17.7. The maximum absolute atomic E-state index is 12.3. The first kappa shape index (κ1) is 15.2. The molecule has 1 aromatic carbocycles. The molecule has 0 amide bonds. The van der Waals surface area contributed by atoms with E-state index in [1.807, 2.05) is 0 Å². The minimum atomic E-state index is -4.43. The van der Waals surface area contributed by atoms with Crippen LogP contribution in [-0.4, -0.2) is 22.5 Å².